The zero-order valence-corrected chi connectivity index (χ0v) is 19.4. The lowest BCUT2D eigenvalue weighted by Gasteiger charge is -2.43. The molecule has 1 N–H and O–H groups in total. The summed E-state index contributed by atoms with van der Waals surface area (Å²) < 4.78 is 7.09. The molecule has 0 unspecified atom stereocenters. The maximum absolute atomic E-state index is 9.99. The van der Waals surface area contributed by atoms with Gasteiger partial charge in [0.25, 0.3) is 8.32 Å². The molecule has 3 nitrogen and oxygen atoms in total. The van der Waals surface area contributed by atoms with Crippen LogP contribution in [0.25, 0.3) is 10.8 Å². The van der Waals surface area contributed by atoms with Crippen molar-refractivity contribution in [2.75, 3.05) is 0 Å². The molecule has 0 amide bonds. The van der Waals surface area contributed by atoms with Crippen molar-refractivity contribution in [2.45, 2.75) is 39.0 Å². The number of pyridine rings is 1. The van der Waals surface area contributed by atoms with Gasteiger partial charge in [0.05, 0.1) is 18.9 Å². The van der Waals surface area contributed by atoms with Gasteiger partial charge in [-0.15, -0.1) is 0 Å². The van der Waals surface area contributed by atoms with Crippen LogP contribution in [0.1, 0.15) is 32.0 Å². The van der Waals surface area contributed by atoms with E-state index in [0.717, 1.165) is 16.3 Å². The summed E-state index contributed by atoms with van der Waals surface area (Å²) in [6.45, 7) is 7.11. The van der Waals surface area contributed by atoms with E-state index in [1.165, 1.54) is 10.4 Å². The van der Waals surface area contributed by atoms with Crippen molar-refractivity contribution in [3.63, 3.8) is 0 Å². The molecule has 0 radical (unpaired) electrons. The molecule has 0 bridgehead atoms. The van der Waals surface area contributed by atoms with Crippen LogP contribution in [0.3, 0.4) is 0 Å². The average Bonchev–Trinajstić information content (AvgIpc) is 2.80. The van der Waals surface area contributed by atoms with E-state index in [1.54, 1.807) is 0 Å². The number of aliphatic hydroxyl groups excluding tert-OH is 1. The first-order valence-corrected chi connectivity index (χ1v) is 12.6. The highest BCUT2D eigenvalue weighted by Gasteiger charge is 2.50. The van der Waals surface area contributed by atoms with Crippen molar-refractivity contribution in [3.8, 4) is 0 Å². The van der Waals surface area contributed by atoms with Crippen LogP contribution < -0.4 is 10.4 Å². The van der Waals surface area contributed by atoms with E-state index in [0.29, 0.717) is 12.3 Å². The molecule has 1 aromatic heterocycles. The first kappa shape index (κ1) is 21.4. The van der Waals surface area contributed by atoms with Gasteiger partial charge in [0.1, 0.15) is 0 Å². The van der Waals surface area contributed by atoms with Crippen LogP contribution in [-0.2, 0) is 17.6 Å². The first-order valence-electron chi connectivity index (χ1n) is 10.7. The van der Waals surface area contributed by atoms with E-state index in [-0.39, 0.29) is 11.6 Å². The number of hydrogen-bond donors (Lipinski definition) is 1. The van der Waals surface area contributed by atoms with Gasteiger partial charge in [-0.1, -0.05) is 106 Å². The van der Waals surface area contributed by atoms with Crippen molar-refractivity contribution in [1.29, 1.82) is 0 Å². The fourth-order valence-corrected chi connectivity index (χ4v) is 9.02. The lowest BCUT2D eigenvalue weighted by atomic mass is 10.1. The highest BCUT2D eigenvalue weighted by Crippen LogP contribution is 2.38. The lowest BCUT2D eigenvalue weighted by molar-refractivity contribution is 0.260. The average molecular weight is 428 g/mol. The van der Waals surface area contributed by atoms with Crippen molar-refractivity contribution >= 4 is 29.5 Å². The summed E-state index contributed by atoms with van der Waals surface area (Å²) in [5, 5.41) is 14.5. The normalized spacial score (nSPS) is 12.3. The van der Waals surface area contributed by atoms with Crippen LogP contribution in [0, 0.1) is 0 Å². The zero-order valence-electron chi connectivity index (χ0n) is 18.4. The number of fused-ring (bicyclic) bond motifs is 1. The van der Waals surface area contributed by atoms with Gasteiger partial charge in [-0.3, -0.25) is 4.98 Å². The Morgan fingerprint density at radius 2 is 1.35 bits per heavy atom. The molecule has 158 valence electrons. The molecule has 0 aliphatic carbocycles. The number of nitrogens with zero attached hydrogens (tertiary/aromatic N) is 1. The second-order valence-electron chi connectivity index (χ2n) is 8.88. The molecule has 0 atom stereocenters. The van der Waals surface area contributed by atoms with Crippen LogP contribution >= 0.6 is 0 Å². The summed E-state index contributed by atoms with van der Waals surface area (Å²) in [7, 11) is -2.66. The smallest absolute Gasteiger partial charge is 0.261 e. The fraction of sp³-hybridized carbons (Fsp3) is 0.222. The summed E-state index contributed by atoms with van der Waals surface area (Å²) in [6, 6.07) is 29.4. The number of aromatic nitrogens is 1. The maximum Gasteiger partial charge on any atom is 0.261 e. The Morgan fingerprint density at radius 1 is 0.806 bits per heavy atom. The van der Waals surface area contributed by atoms with Crippen LogP contribution in [0.5, 0.6) is 0 Å². The summed E-state index contributed by atoms with van der Waals surface area (Å²) in [5.41, 5.74) is 1.64. The van der Waals surface area contributed by atoms with E-state index < -0.39 is 8.32 Å². The van der Waals surface area contributed by atoms with Gasteiger partial charge < -0.3 is 9.53 Å². The van der Waals surface area contributed by atoms with E-state index in [2.05, 4.69) is 98.6 Å². The number of rotatable bonds is 6. The number of aliphatic hydroxyl groups is 1. The molecule has 4 heteroatoms. The molecule has 31 heavy (non-hydrogen) atoms. The Labute approximate surface area is 185 Å². The quantitative estimate of drug-likeness (QED) is 0.449. The minimum Gasteiger partial charge on any atom is -0.403 e. The van der Waals surface area contributed by atoms with Gasteiger partial charge in [0.15, 0.2) is 0 Å². The van der Waals surface area contributed by atoms with E-state index in [9.17, 15) is 5.11 Å². The van der Waals surface area contributed by atoms with Gasteiger partial charge in [0, 0.05) is 17.1 Å². The Balaban J connectivity index is 1.88. The molecule has 0 aliphatic rings. The van der Waals surface area contributed by atoms with Crippen LogP contribution in [-0.4, -0.2) is 18.4 Å². The van der Waals surface area contributed by atoms with Gasteiger partial charge >= 0.3 is 0 Å². The summed E-state index contributed by atoms with van der Waals surface area (Å²) in [6.07, 6.45) is 1.83. The SMILES string of the molecule is CC(C)(C)[Si](OCc1c(CO)ncc2ccccc12)(c1ccccc1)c1ccccc1. The van der Waals surface area contributed by atoms with Crippen molar-refractivity contribution < 1.29 is 9.53 Å². The van der Waals surface area contributed by atoms with Crippen LogP contribution in [0.15, 0.2) is 91.1 Å². The fourth-order valence-electron chi connectivity index (χ4n) is 4.50. The molecule has 4 rings (SSSR count). The van der Waals surface area contributed by atoms with Gasteiger partial charge in [-0.2, -0.15) is 0 Å². The number of benzene rings is 3. The molecular weight excluding hydrogens is 398 g/mol. The third-order valence-corrected chi connectivity index (χ3v) is 11.0. The van der Waals surface area contributed by atoms with Gasteiger partial charge in [-0.25, -0.2) is 0 Å². The molecule has 1 heterocycles. The number of hydrogen-bond acceptors (Lipinski definition) is 3. The topological polar surface area (TPSA) is 42.4 Å². The summed E-state index contributed by atoms with van der Waals surface area (Å²) in [5.74, 6) is 0. The zero-order chi connectivity index (χ0) is 21.9. The Bertz CT molecular complexity index is 1110. The third kappa shape index (κ3) is 3.94. The first-order chi connectivity index (χ1) is 15.0. The predicted molar refractivity (Wildman–Crippen MR) is 130 cm³/mol. The summed E-state index contributed by atoms with van der Waals surface area (Å²) in [4.78, 5) is 4.52. The van der Waals surface area contributed by atoms with Crippen molar-refractivity contribution in [2.24, 2.45) is 0 Å². The molecule has 0 aliphatic heterocycles. The van der Waals surface area contributed by atoms with Gasteiger partial charge in [0.2, 0.25) is 0 Å². The molecular formula is C27H29NO2Si. The van der Waals surface area contributed by atoms with E-state index in [4.69, 9.17) is 4.43 Å². The summed E-state index contributed by atoms with van der Waals surface area (Å²) >= 11 is 0. The molecule has 4 aromatic rings. The maximum atomic E-state index is 9.99. The highest BCUT2D eigenvalue weighted by atomic mass is 28.4. The molecule has 0 spiro atoms. The third-order valence-electron chi connectivity index (χ3n) is 5.99. The lowest BCUT2D eigenvalue weighted by Crippen LogP contribution is -2.66. The molecule has 0 saturated heterocycles. The van der Waals surface area contributed by atoms with Gasteiger partial charge in [-0.05, 0) is 20.8 Å². The monoisotopic (exact) mass is 427 g/mol. The Morgan fingerprint density at radius 3 is 1.90 bits per heavy atom. The Hall–Kier alpha value is -2.79. The minimum atomic E-state index is -2.66. The second-order valence-corrected chi connectivity index (χ2v) is 13.2. The predicted octanol–water partition coefficient (Wildman–Crippen LogP) is 4.80. The highest BCUT2D eigenvalue weighted by molar-refractivity contribution is 6.99. The standard InChI is InChI=1S/C27H29NO2Si/c1-27(2,3)31(22-13-6-4-7-14-22,23-15-8-5-9-16-23)30-20-25-24-17-11-10-12-21(24)18-28-26(25)19-29/h4-18,29H,19-20H2,1-3H3. The second kappa shape index (κ2) is 8.75. The van der Waals surface area contributed by atoms with Crippen LogP contribution in [0.4, 0.5) is 0 Å². The minimum absolute atomic E-state index is 0.104. The Kier molecular flexibility index (Phi) is 6.05. The largest absolute Gasteiger partial charge is 0.403 e. The molecule has 0 fully saturated rings. The van der Waals surface area contributed by atoms with Crippen molar-refractivity contribution in [3.05, 3.63) is 102 Å². The van der Waals surface area contributed by atoms with E-state index >= 15 is 0 Å². The molecule has 0 saturated carbocycles. The molecule has 3 aromatic carbocycles. The van der Waals surface area contributed by atoms with Crippen LogP contribution in [0.2, 0.25) is 5.04 Å². The van der Waals surface area contributed by atoms with Crippen molar-refractivity contribution in [1.82, 2.24) is 4.98 Å². The van der Waals surface area contributed by atoms with E-state index in [1.807, 2.05) is 18.3 Å².